The minimum absolute atomic E-state index is 0.0169. The van der Waals surface area contributed by atoms with Crippen molar-refractivity contribution in [1.29, 1.82) is 5.26 Å². The normalized spacial score (nSPS) is 11.0. The zero-order valence-electron chi connectivity index (χ0n) is 16.1. The zero-order chi connectivity index (χ0) is 21.6. The monoisotopic (exact) mass is 426 g/mol. The molecule has 0 atom stereocenters. The Morgan fingerprint density at radius 2 is 1.77 bits per heavy atom. The maximum Gasteiger partial charge on any atom is 0.240 e. The fourth-order valence-corrected chi connectivity index (χ4v) is 3.74. The Bertz CT molecular complexity index is 1180. The minimum atomic E-state index is -3.92. The summed E-state index contributed by atoms with van der Waals surface area (Å²) in [4.78, 5) is -0.185. The van der Waals surface area contributed by atoms with Crippen molar-refractivity contribution in [2.45, 2.75) is 18.0 Å². The number of hydrogen-bond donors (Lipinski definition) is 1. The Balaban J connectivity index is 1.70. The van der Waals surface area contributed by atoms with Gasteiger partial charge in [0, 0.05) is 6.54 Å². The van der Waals surface area contributed by atoms with Crippen LogP contribution in [0.1, 0.15) is 16.7 Å². The molecule has 0 heterocycles. The van der Waals surface area contributed by atoms with E-state index in [1.807, 2.05) is 30.3 Å². The second-order valence-corrected chi connectivity index (χ2v) is 8.10. The molecule has 0 fully saturated rings. The van der Waals surface area contributed by atoms with Gasteiger partial charge in [0.05, 0.1) is 17.6 Å². The van der Waals surface area contributed by atoms with E-state index in [-0.39, 0.29) is 17.0 Å². The van der Waals surface area contributed by atoms with E-state index in [4.69, 9.17) is 14.7 Å². The number of hydrogen-bond acceptors (Lipinski definition) is 5. The third-order valence-electron chi connectivity index (χ3n) is 4.30. The van der Waals surface area contributed by atoms with Crippen LogP contribution in [0.5, 0.6) is 11.5 Å². The first-order chi connectivity index (χ1) is 14.4. The molecule has 0 radical (unpaired) electrons. The highest BCUT2D eigenvalue weighted by molar-refractivity contribution is 7.89. The number of methoxy groups -OCH3 is 1. The lowest BCUT2D eigenvalue weighted by Crippen LogP contribution is -2.23. The van der Waals surface area contributed by atoms with Gasteiger partial charge < -0.3 is 9.47 Å². The number of nitriles is 1. The first kappa shape index (κ1) is 21.3. The molecule has 0 unspecified atom stereocenters. The maximum absolute atomic E-state index is 13.4. The van der Waals surface area contributed by atoms with E-state index in [1.54, 1.807) is 24.3 Å². The lowest BCUT2D eigenvalue weighted by molar-refractivity contribution is 0.284. The largest absolute Gasteiger partial charge is 0.493 e. The Labute approximate surface area is 174 Å². The molecular formula is C22H19FN2O4S. The molecule has 0 aliphatic carbocycles. The molecule has 0 saturated heterocycles. The highest BCUT2D eigenvalue weighted by Crippen LogP contribution is 2.29. The van der Waals surface area contributed by atoms with Gasteiger partial charge in [-0.25, -0.2) is 17.5 Å². The van der Waals surface area contributed by atoms with Crippen LogP contribution in [0, 0.1) is 17.1 Å². The van der Waals surface area contributed by atoms with Crippen LogP contribution in [-0.4, -0.2) is 15.5 Å². The number of nitrogens with zero attached hydrogens (tertiary/aromatic N) is 1. The molecule has 0 bridgehead atoms. The van der Waals surface area contributed by atoms with E-state index in [9.17, 15) is 12.8 Å². The van der Waals surface area contributed by atoms with Gasteiger partial charge in [-0.3, -0.25) is 0 Å². The Morgan fingerprint density at radius 1 is 1.00 bits per heavy atom. The summed E-state index contributed by atoms with van der Waals surface area (Å²) in [5, 5.41) is 8.89. The molecule has 30 heavy (non-hydrogen) atoms. The second kappa shape index (κ2) is 9.39. The zero-order valence-corrected chi connectivity index (χ0v) is 16.9. The summed E-state index contributed by atoms with van der Waals surface area (Å²) in [5.74, 6) is 0.230. The van der Waals surface area contributed by atoms with Gasteiger partial charge in [-0.05, 0) is 41.5 Å². The Hall–Kier alpha value is -3.41. The molecule has 0 aliphatic heterocycles. The fraction of sp³-hybridized carbons (Fsp3) is 0.136. The summed E-state index contributed by atoms with van der Waals surface area (Å²) < 4.78 is 52.0. The summed E-state index contributed by atoms with van der Waals surface area (Å²) >= 11 is 0. The predicted octanol–water partition coefficient (Wildman–Crippen LogP) is 3.76. The molecule has 6 nitrogen and oxygen atoms in total. The lowest BCUT2D eigenvalue weighted by Gasteiger charge is -2.13. The minimum Gasteiger partial charge on any atom is -0.493 e. The van der Waals surface area contributed by atoms with Crippen molar-refractivity contribution in [2.75, 3.05) is 7.11 Å². The van der Waals surface area contributed by atoms with Crippen LogP contribution in [0.2, 0.25) is 0 Å². The molecule has 0 saturated carbocycles. The van der Waals surface area contributed by atoms with Gasteiger partial charge in [-0.1, -0.05) is 36.4 Å². The van der Waals surface area contributed by atoms with Crippen LogP contribution in [0.3, 0.4) is 0 Å². The van der Waals surface area contributed by atoms with Gasteiger partial charge in [0.15, 0.2) is 11.5 Å². The average molecular weight is 426 g/mol. The molecule has 1 N–H and O–H groups in total. The van der Waals surface area contributed by atoms with Crippen LogP contribution in [0.4, 0.5) is 4.39 Å². The van der Waals surface area contributed by atoms with Crippen molar-refractivity contribution in [3.05, 3.63) is 89.2 Å². The highest BCUT2D eigenvalue weighted by Gasteiger charge is 2.17. The molecule has 0 spiro atoms. The fourth-order valence-electron chi connectivity index (χ4n) is 2.70. The SMILES string of the molecule is COc1cc(CNS(=O)(=O)c2ccc(F)c(C#N)c2)ccc1OCc1ccccc1. The van der Waals surface area contributed by atoms with Crippen molar-refractivity contribution >= 4 is 10.0 Å². The smallest absolute Gasteiger partial charge is 0.240 e. The summed E-state index contributed by atoms with van der Waals surface area (Å²) in [6, 6.07) is 19.5. The number of sulfonamides is 1. The molecule has 3 aromatic carbocycles. The molecule has 0 amide bonds. The van der Waals surface area contributed by atoms with Gasteiger partial charge >= 0.3 is 0 Å². The van der Waals surface area contributed by atoms with Crippen molar-refractivity contribution in [3.8, 4) is 17.6 Å². The Kier molecular flexibility index (Phi) is 6.67. The van der Waals surface area contributed by atoms with Crippen LogP contribution in [0.15, 0.2) is 71.6 Å². The van der Waals surface area contributed by atoms with Crippen LogP contribution in [-0.2, 0) is 23.2 Å². The van der Waals surface area contributed by atoms with Gasteiger partial charge in [0.2, 0.25) is 10.0 Å². The number of halogens is 1. The second-order valence-electron chi connectivity index (χ2n) is 6.34. The van der Waals surface area contributed by atoms with Crippen molar-refractivity contribution < 1.29 is 22.3 Å². The topological polar surface area (TPSA) is 88.4 Å². The van der Waals surface area contributed by atoms with Crippen LogP contribution < -0.4 is 14.2 Å². The molecule has 3 rings (SSSR count). The molecule has 154 valence electrons. The Morgan fingerprint density at radius 3 is 2.47 bits per heavy atom. The number of ether oxygens (including phenoxy) is 2. The number of rotatable bonds is 8. The van der Waals surface area contributed by atoms with Gasteiger partial charge in [-0.15, -0.1) is 0 Å². The molecular weight excluding hydrogens is 407 g/mol. The average Bonchev–Trinajstić information content (AvgIpc) is 2.77. The van der Waals surface area contributed by atoms with Gasteiger partial charge in [0.1, 0.15) is 18.5 Å². The molecule has 8 heteroatoms. The maximum atomic E-state index is 13.4. The summed E-state index contributed by atoms with van der Waals surface area (Å²) in [7, 11) is -2.42. The molecule has 0 aromatic heterocycles. The van der Waals surface area contributed by atoms with Crippen LogP contribution >= 0.6 is 0 Å². The van der Waals surface area contributed by atoms with Crippen molar-refractivity contribution in [2.24, 2.45) is 0 Å². The van der Waals surface area contributed by atoms with E-state index in [0.29, 0.717) is 23.7 Å². The van der Waals surface area contributed by atoms with Crippen LogP contribution in [0.25, 0.3) is 0 Å². The highest BCUT2D eigenvalue weighted by atomic mass is 32.2. The molecule has 0 aliphatic rings. The number of benzene rings is 3. The van der Waals surface area contributed by atoms with Gasteiger partial charge in [-0.2, -0.15) is 5.26 Å². The summed E-state index contributed by atoms with van der Waals surface area (Å²) in [6.45, 7) is 0.353. The molecule has 3 aromatic rings. The first-order valence-electron chi connectivity index (χ1n) is 8.96. The third-order valence-corrected chi connectivity index (χ3v) is 5.70. The van der Waals surface area contributed by atoms with E-state index in [2.05, 4.69) is 4.72 Å². The summed E-state index contributed by atoms with van der Waals surface area (Å²) in [5.41, 5.74) is 1.32. The van der Waals surface area contributed by atoms with E-state index < -0.39 is 15.8 Å². The van der Waals surface area contributed by atoms with Gasteiger partial charge in [0.25, 0.3) is 0 Å². The van der Waals surface area contributed by atoms with Crippen molar-refractivity contribution in [3.63, 3.8) is 0 Å². The van der Waals surface area contributed by atoms with Crippen molar-refractivity contribution in [1.82, 2.24) is 4.72 Å². The predicted molar refractivity (Wildman–Crippen MR) is 109 cm³/mol. The van der Waals surface area contributed by atoms with E-state index in [0.717, 1.165) is 23.8 Å². The number of nitrogens with one attached hydrogen (secondary N) is 1. The summed E-state index contributed by atoms with van der Waals surface area (Å²) in [6.07, 6.45) is 0. The van der Waals surface area contributed by atoms with E-state index in [1.165, 1.54) is 7.11 Å². The third kappa shape index (κ3) is 5.14. The standard InChI is InChI=1S/C22H19FN2O4S/c1-28-22-11-17(7-10-21(22)29-15-16-5-3-2-4-6-16)14-25-30(26,27)19-8-9-20(23)18(12-19)13-24/h2-12,25H,14-15H2,1H3. The van der Waals surface area contributed by atoms with E-state index >= 15 is 0 Å². The quantitative estimate of drug-likeness (QED) is 0.592. The first-order valence-corrected chi connectivity index (χ1v) is 10.4. The lowest BCUT2D eigenvalue weighted by atomic mass is 10.2.